The van der Waals surface area contributed by atoms with E-state index >= 15 is 0 Å². The topological polar surface area (TPSA) is 38.3 Å². The summed E-state index contributed by atoms with van der Waals surface area (Å²) in [5, 5.41) is 3.33. The van der Waals surface area contributed by atoms with Gasteiger partial charge in [0.25, 0.3) is 0 Å². The van der Waals surface area contributed by atoms with Crippen molar-refractivity contribution >= 4 is 17.5 Å². The quantitative estimate of drug-likeness (QED) is 0.858. The van der Waals surface area contributed by atoms with Gasteiger partial charge in [-0.25, -0.2) is 0 Å². The normalized spacial score (nSPS) is 9.80. The summed E-state index contributed by atoms with van der Waals surface area (Å²) in [6.45, 7) is 2.31. The van der Waals surface area contributed by atoms with E-state index in [1.165, 1.54) is 0 Å². The molecule has 1 aromatic rings. The molecule has 0 bridgehead atoms. The van der Waals surface area contributed by atoms with Crippen LogP contribution in [0.15, 0.2) is 18.2 Å². The molecule has 0 spiro atoms. The summed E-state index contributed by atoms with van der Waals surface area (Å²) in [7, 11) is 1.57. The molecule has 0 heterocycles. The van der Waals surface area contributed by atoms with Crippen LogP contribution >= 0.6 is 11.6 Å². The second kappa shape index (κ2) is 5.61. The van der Waals surface area contributed by atoms with Gasteiger partial charge in [-0.05, 0) is 17.7 Å². The maximum Gasteiger partial charge on any atom is 0.219 e. The third kappa shape index (κ3) is 3.44. The number of carbonyl (C=O) groups excluding carboxylic acids is 1. The summed E-state index contributed by atoms with van der Waals surface area (Å²) in [5.41, 5.74) is 0.961. The number of rotatable bonds is 4. The lowest BCUT2D eigenvalue weighted by molar-refractivity contribution is -0.120. The van der Waals surface area contributed by atoms with Crippen LogP contribution in [-0.2, 0) is 11.3 Å². The van der Waals surface area contributed by atoms with Crippen molar-refractivity contribution in [2.45, 2.75) is 19.9 Å². The molecule has 3 nitrogen and oxygen atoms in total. The van der Waals surface area contributed by atoms with Crippen molar-refractivity contribution < 1.29 is 9.53 Å². The molecule has 1 rings (SSSR count). The Morgan fingerprint density at radius 3 is 2.80 bits per heavy atom. The zero-order valence-corrected chi connectivity index (χ0v) is 9.60. The Balaban J connectivity index is 2.63. The molecule has 0 radical (unpaired) electrons. The van der Waals surface area contributed by atoms with Crippen LogP contribution < -0.4 is 10.1 Å². The number of methoxy groups -OCH3 is 1. The van der Waals surface area contributed by atoms with Crippen LogP contribution in [-0.4, -0.2) is 13.0 Å². The largest absolute Gasteiger partial charge is 0.495 e. The van der Waals surface area contributed by atoms with Crippen molar-refractivity contribution in [3.8, 4) is 5.75 Å². The van der Waals surface area contributed by atoms with Gasteiger partial charge in [0.05, 0.1) is 12.1 Å². The Morgan fingerprint density at radius 1 is 1.53 bits per heavy atom. The minimum Gasteiger partial charge on any atom is -0.495 e. The molecule has 1 amide bonds. The lowest BCUT2D eigenvalue weighted by Crippen LogP contribution is -2.21. The molecule has 0 fully saturated rings. The average Bonchev–Trinajstić information content (AvgIpc) is 2.26. The molecule has 4 heteroatoms. The number of carbonyl (C=O) groups is 1. The van der Waals surface area contributed by atoms with Gasteiger partial charge in [-0.3, -0.25) is 4.79 Å². The summed E-state index contributed by atoms with van der Waals surface area (Å²) in [4.78, 5) is 11.0. The maximum atomic E-state index is 11.0. The summed E-state index contributed by atoms with van der Waals surface area (Å²) in [6.07, 6.45) is 0.490. The average molecular weight is 228 g/mol. The Morgan fingerprint density at radius 2 is 2.27 bits per heavy atom. The first-order valence-electron chi connectivity index (χ1n) is 4.76. The summed E-state index contributed by atoms with van der Waals surface area (Å²) in [5.74, 6) is 0.671. The van der Waals surface area contributed by atoms with E-state index < -0.39 is 0 Å². The third-order valence-electron chi connectivity index (χ3n) is 2.03. The second-order valence-corrected chi connectivity index (χ2v) is 3.51. The lowest BCUT2D eigenvalue weighted by atomic mass is 10.2. The number of amides is 1. The third-order valence-corrected chi connectivity index (χ3v) is 2.32. The van der Waals surface area contributed by atoms with E-state index in [9.17, 15) is 4.79 Å². The number of halogens is 1. The fourth-order valence-corrected chi connectivity index (χ4v) is 1.43. The first-order chi connectivity index (χ1) is 7.17. The fraction of sp³-hybridized carbons (Fsp3) is 0.364. The van der Waals surface area contributed by atoms with Crippen LogP contribution in [0, 0.1) is 0 Å². The molecule has 0 saturated heterocycles. The molecule has 1 aromatic carbocycles. The monoisotopic (exact) mass is 227 g/mol. The van der Waals surface area contributed by atoms with E-state index in [0.29, 0.717) is 23.7 Å². The van der Waals surface area contributed by atoms with E-state index in [1.54, 1.807) is 19.2 Å². The van der Waals surface area contributed by atoms with Gasteiger partial charge < -0.3 is 10.1 Å². The van der Waals surface area contributed by atoms with Crippen LogP contribution in [0.2, 0.25) is 5.02 Å². The standard InChI is InChI=1S/C11H14ClNO2/c1-3-11(14)13-7-8-4-5-10(15-2)9(12)6-8/h4-6H,3,7H2,1-2H3,(H,13,14). The van der Waals surface area contributed by atoms with Crippen LogP contribution in [0.4, 0.5) is 0 Å². The zero-order chi connectivity index (χ0) is 11.3. The van der Waals surface area contributed by atoms with Gasteiger partial charge in [-0.15, -0.1) is 0 Å². The van der Waals surface area contributed by atoms with Gasteiger partial charge in [0, 0.05) is 13.0 Å². The van der Waals surface area contributed by atoms with Crippen LogP contribution in [0.1, 0.15) is 18.9 Å². The Hall–Kier alpha value is -1.22. The number of ether oxygens (including phenoxy) is 1. The van der Waals surface area contributed by atoms with E-state index in [4.69, 9.17) is 16.3 Å². The number of hydrogen-bond donors (Lipinski definition) is 1. The summed E-state index contributed by atoms with van der Waals surface area (Å²) in [6, 6.07) is 5.45. The molecular weight excluding hydrogens is 214 g/mol. The maximum absolute atomic E-state index is 11.0. The SMILES string of the molecule is CCC(=O)NCc1ccc(OC)c(Cl)c1. The lowest BCUT2D eigenvalue weighted by Gasteiger charge is -2.06. The van der Waals surface area contributed by atoms with Gasteiger partial charge in [0.2, 0.25) is 5.91 Å². The first-order valence-corrected chi connectivity index (χ1v) is 5.14. The minimum absolute atomic E-state index is 0.0296. The predicted octanol–water partition coefficient (Wildman–Crippen LogP) is 2.37. The van der Waals surface area contributed by atoms with Crippen molar-refractivity contribution in [3.05, 3.63) is 28.8 Å². The molecular formula is C11H14ClNO2. The molecule has 0 aliphatic heterocycles. The van der Waals surface area contributed by atoms with Crippen LogP contribution in [0.25, 0.3) is 0 Å². The fourth-order valence-electron chi connectivity index (χ4n) is 1.15. The van der Waals surface area contributed by atoms with E-state index in [-0.39, 0.29) is 5.91 Å². The molecule has 0 saturated carbocycles. The molecule has 0 aliphatic carbocycles. The van der Waals surface area contributed by atoms with Crippen molar-refractivity contribution in [3.63, 3.8) is 0 Å². The highest BCUT2D eigenvalue weighted by atomic mass is 35.5. The highest BCUT2D eigenvalue weighted by molar-refractivity contribution is 6.32. The Kier molecular flexibility index (Phi) is 4.43. The summed E-state index contributed by atoms with van der Waals surface area (Å²) >= 11 is 5.94. The van der Waals surface area contributed by atoms with E-state index in [2.05, 4.69) is 5.32 Å². The van der Waals surface area contributed by atoms with Crippen molar-refractivity contribution in [1.82, 2.24) is 5.32 Å². The number of nitrogens with one attached hydrogen (secondary N) is 1. The molecule has 0 aromatic heterocycles. The van der Waals surface area contributed by atoms with E-state index in [1.807, 2.05) is 13.0 Å². The molecule has 15 heavy (non-hydrogen) atoms. The molecule has 0 aliphatic rings. The van der Waals surface area contributed by atoms with Crippen molar-refractivity contribution in [1.29, 1.82) is 0 Å². The molecule has 0 atom stereocenters. The van der Waals surface area contributed by atoms with Crippen LogP contribution in [0.5, 0.6) is 5.75 Å². The van der Waals surface area contributed by atoms with Crippen molar-refractivity contribution in [2.24, 2.45) is 0 Å². The second-order valence-electron chi connectivity index (χ2n) is 3.10. The smallest absolute Gasteiger partial charge is 0.219 e. The first kappa shape index (κ1) is 11.9. The zero-order valence-electron chi connectivity index (χ0n) is 8.84. The molecule has 1 N–H and O–H groups in total. The predicted molar refractivity (Wildman–Crippen MR) is 60.1 cm³/mol. The molecule has 0 unspecified atom stereocenters. The van der Waals surface area contributed by atoms with Gasteiger partial charge in [0.1, 0.15) is 5.75 Å². The van der Waals surface area contributed by atoms with Crippen molar-refractivity contribution in [2.75, 3.05) is 7.11 Å². The highest BCUT2D eigenvalue weighted by Crippen LogP contribution is 2.24. The van der Waals surface area contributed by atoms with Gasteiger partial charge in [-0.2, -0.15) is 0 Å². The number of hydrogen-bond acceptors (Lipinski definition) is 2. The Bertz CT molecular complexity index is 352. The summed E-state index contributed by atoms with van der Waals surface area (Å²) < 4.78 is 5.03. The molecule has 82 valence electrons. The minimum atomic E-state index is 0.0296. The van der Waals surface area contributed by atoms with Gasteiger partial charge >= 0.3 is 0 Å². The number of benzene rings is 1. The van der Waals surface area contributed by atoms with Gasteiger partial charge in [-0.1, -0.05) is 24.6 Å². The van der Waals surface area contributed by atoms with Crippen LogP contribution in [0.3, 0.4) is 0 Å². The van der Waals surface area contributed by atoms with Gasteiger partial charge in [0.15, 0.2) is 0 Å². The highest BCUT2D eigenvalue weighted by Gasteiger charge is 2.02. The Labute approximate surface area is 94.4 Å². The van der Waals surface area contributed by atoms with E-state index in [0.717, 1.165) is 5.56 Å².